The number of aryl methyl sites for hydroxylation is 2. The van der Waals surface area contributed by atoms with Crippen molar-refractivity contribution in [1.29, 1.82) is 0 Å². The number of carbonyl (C=O) groups excluding carboxylic acids is 1. The van der Waals surface area contributed by atoms with Crippen molar-refractivity contribution in [1.82, 2.24) is 9.97 Å². The number of ketones is 1. The van der Waals surface area contributed by atoms with Gasteiger partial charge in [0.1, 0.15) is 17.0 Å². The van der Waals surface area contributed by atoms with Gasteiger partial charge in [-0.25, -0.2) is 13.6 Å². The summed E-state index contributed by atoms with van der Waals surface area (Å²) in [6.07, 6.45) is 3.05. The molecule has 9 heteroatoms. The number of hydrogen-bond donors (Lipinski definition) is 4. The molecule has 4 N–H and O–H groups in total. The number of H-pyrrole nitrogens is 1. The number of nitrogens with one attached hydrogen (secondary N) is 2. The number of hydrogen-bond acceptors (Lipinski definition) is 4. The summed E-state index contributed by atoms with van der Waals surface area (Å²) in [6.45, 7) is 3.65. The fourth-order valence-electron chi connectivity index (χ4n) is 2.62. The quantitative estimate of drug-likeness (QED) is 0.323. The van der Waals surface area contributed by atoms with Crippen LogP contribution in [0.4, 0.5) is 10.1 Å². The highest BCUT2D eigenvalue weighted by Gasteiger charge is 2.25. The number of fused-ring (bicyclic) bond motifs is 1. The van der Waals surface area contributed by atoms with Gasteiger partial charge in [0.05, 0.1) is 11.3 Å². The molecule has 0 amide bonds. The average Bonchev–Trinajstić information content (AvgIpc) is 2.98. The molecule has 1 unspecified atom stereocenters. The molecular formula is C16H14FN3O4S. The van der Waals surface area contributed by atoms with Crippen molar-refractivity contribution in [3.05, 3.63) is 52.6 Å². The summed E-state index contributed by atoms with van der Waals surface area (Å²) in [5.74, 6) is -2.44. The highest BCUT2D eigenvalue weighted by atomic mass is 32.2. The summed E-state index contributed by atoms with van der Waals surface area (Å²) in [7, 11) is 0. The Kier molecular flexibility index (Phi) is 4.27. The molecule has 0 fully saturated rings. The smallest absolute Gasteiger partial charge is 0.259 e. The second kappa shape index (κ2) is 6.26. The zero-order chi connectivity index (χ0) is 18.3. The van der Waals surface area contributed by atoms with Crippen LogP contribution in [0, 0.1) is 19.7 Å². The number of aromatic nitrogens is 2. The molecule has 3 aromatic rings. The molecule has 0 saturated heterocycles. The van der Waals surface area contributed by atoms with E-state index in [-0.39, 0.29) is 11.3 Å². The van der Waals surface area contributed by atoms with E-state index in [4.69, 9.17) is 4.55 Å². The molecule has 7 nitrogen and oxygen atoms in total. The molecule has 1 atom stereocenters. The second-order valence-corrected chi connectivity index (χ2v) is 6.20. The van der Waals surface area contributed by atoms with Crippen molar-refractivity contribution in [2.24, 2.45) is 0 Å². The standard InChI is InChI=1S/C16H14FN3O4S/c1-7-5-18-16-12(8(7)2)9(6-19-16)15(22)13-11(21)4-3-10(14(13)17)20-25(23)24/h3-6,20-21H,1-2H3,(H,18,19)(H,23,24). The largest absolute Gasteiger partial charge is 0.507 e. The highest BCUT2D eigenvalue weighted by Crippen LogP contribution is 2.32. The zero-order valence-electron chi connectivity index (χ0n) is 13.3. The molecule has 0 saturated carbocycles. The molecule has 0 aliphatic heterocycles. The molecule has 0 aliphatic rings. The first-order valence-corrected chi connectivity index (χ1v) is 8.29. The summed E-state index contributed by atoms with van der Waals surface area (Å²) in [5.41, 5.74) is 1.33. The van der Waals surface area contributed by atoms with Crippen LogP contribution < -0.4 is 4.72 Å². The van der Waals surface area contributed by atoms with Crippen molar-refractivity contribution in [3.63, 3.8) is 0 Å². The molecule has 1 aromatic carbocycles. The second-order valence-electron chi connectivity index (χ2n) is 5.49. The lowest BCUT2D eigenvalue weighted by atomic mass is 9.98. The van der Waals surface area contributed by atoms with Crippen LogP contribution >= 0.6 is 0 Å². The minimum absolute atomic E-state index is 0.153. The first-order chi connectivity index (χ1) is 11.8. The van der Waals surface area contributed by atoms with E-state index in [9.17, 15) is 18.5 Å². The number of phenols is 1. The number of rotatable bonds is 4. The molecule has 3 rings (SSSR count). The Labute approximate surface area is 144 Å². The minimum Gasteiger partial charge on any atom is -0.507 e. The molecule has 2 aromatic heterocycles. The number of phenolic OH excluding ortho intramolecular Hbond substituents is 1. The van der Waals surface area contributed by atoms with Crippen LogP contribution in [-0.4, -0.2) is 29.6 Å². The summed E-state index contributed by atoms with van der Waals surface area (Å²) in [6, 6.07) is 2.15. The Bertz CT molecular complexity index is 1030. The molecule has 0 radical (unpaired) electrons. The van der Waals surface area contributed by atoms with Gasteiger partial charge >= 0.3 is 0 Å². The average molecular weight is 363 g/mol. The number of carbonyl (C=O) groups is 1. The number of aromatic hydroxyl groups is 1. The lowest BCUT2D eigenvalue weighted by Gasteiger charge is -2.10. The number of benzene rings is 1. The highest BCUT2D eigenvalue weighted by molar-refractivity contribution is 7.80. The number of aromatic amines is 1. The maximum Gasteiger partial charge on any atom is 0.259 e. The monoisotopic (exact) mass is 363 g/mol. The third-order valence-corrected chi connectivity index (χ3v) is 4.40. The Morgan fingerprint density at radius 3 is 2.76 bits per heavy atom. The molecule has 130 valence electrons. The van der Waals surface area contributed by atoms with Gasteiger partial charge in [0.2, 0.25) is 5.78 Å². The number of pyridine rings is 1. The Hall–Kier alpha value is -2.78. The minimum atomic E-state index is -2.52. The van der Waals surface area contributed by atoms with Gasteiger partial charge in [-0.1, -0.05) is 0 Å². The van der Waals surface area contributed by atoms with E-state index in [1.54, 1.807) is 6.20 Å². The van der Waals surface area contributed by atoms with Gasteiger partial charge < -0.3 is 10.1 Å². The fraction of sp³-hybridized carbons (Fsp3) is 0.125. The van der Waals surface area contributed by atoms with E-state index in [2.05, 4.69) is 9.97 Å². The molecule has 2 heterocycles. The van der Waals surface area contributed by atoms with E-state index in [1.807, 2.05) is 18.6 Å². The van der Waals surface area contributed by atoms with Crippen LogP contribution in [0.15, 0.2) is 24.5 Å². The summed E-state index contributed by atoms with van der Waals surface area (Å²) in [5, 5.41) is 10.5. The van der Waals surface area contributed by atoms with Crippen molar-refractivity contribution >= 4 is 33.8 Å². The number of halogens is 1. The predicted molar refractivity (Wildman–Crippen MR) is 91.5 cm³/mol. The molecule has 0 bridgehead atoms. The van der Waals surface area contributed by atoms with Crippen LogP contribution in [-0.2, 0) is 11.3 Å². The summed E-state index contributed by atoms with van der Waals surface area (Å²) < 4.78 is 36.3. The van der Waals surface area contributed by atoms with E-state index in [0.717, 1.165) is 23.3 Å². The normalized spacial score (nSPS) is 12.3. The lowest BCUT2D eigenvalue weighted by Crippen LogP contribution is -2.10. The first-order valence-electron chi connectivity index (χ1n) is 7.18. The Balaban J connectivity index is 2.20. The van der Waals surface area contributed by atoms with Gasteiger partial charge in [0.25, 0.3) is 11.3 Å². The van der Waals surface area contributed by atoms with Crippen LogP contribution in [0.2, 0.25) is 0 Å². The van der Waals surface area contributed by atoms with Crippen molar-refractivity contribution in [2.75, 3.05) is 4.72 Å². The van der Waals surface area contributed by atoms with Gasteiger partial charge in [-0.05, 0) is 37.1 Å². The van der Waals surface area contributed by atoms with E-state index in [0.29, 0.717) is 11.0 Å². The maximum atomic E-state index is 14.6. The van der Waals surface area contributed by atoms with Crippen molar-refractivity contribution in [3.8, 4) is 5.75 Å². The van der Waals surface area contributed by atoms with E-state index >= 15 is 0 Å². The fourth-order valence-corrected chi connectivity index (χ4v) is 2.96. The van der Waals surface area contributed by atoms with Crippen LogP contribution in [0.3, 0.4) is 0 Å². The first kappa shape index (κ1) is 17.1. The summed E-state index contributed by atoms with van der Waals surface area (Å²) in [4.78, 5) is 19.9. The van der Waals surface area contributed by atoms with Gasteiger partial charge in [0, 0.05) is 17.8 Å². The Morgan fingerprint density at radius 2 is 2.08 bits per heavy atom. The third-order valence-electron chi connectivity index (χ3n) is 4.00. The molecule has 0 aliphatic carbocycles. The molecular weight excluding hydrogens is 349 g/mol. The zero-order valence-corrected chi connectivity index (χ0v) is 14.1. The van der Waals surface area contributed by atoms with E-state index < -0.39 is 34.2 Å². The van der Waals surface area contributed by atoms with Crippen molar-refractivity contribution in [2.45, 2.75) is 13.8 Å². The third kappa shape index (κ3) is 2.87. The van der Waals surface area contributed by atoms with Crippen LogP contribution in [0.1, 0.15) is 27.0 Å². The number of anilines is 1. The molecule has 0 spiro atoms. The SMILES string of the molecule is Cc1cnc2[nH]cc(C(=O)c3c(O)ccc(NS(=O)O)c3F)c2c1C. The van der Waals surface area contributed by atoms with Gasteiger partial charge in [-0.15, -0.1) is 0 Å². The van der Waals surface area contributed by atoms with Gasteiger partial charge in [0.15, 0.2) is 5.82 Å². The number of nitrogens with zero attached hydrogens (tertiary/aromatic N) is 1. The van der Waals surface area contributed by atoms with Gasteiger partial charge in [-0.2, -0.15) is 0 Å². The van der Waals surface area contributed by atoms with Crippen LogP contribution in [0.5, 0.6) is 5.75 Å². The van der Waals surface area contributed by atoms with Crippen LogP contribution in [0.25, 0.3) is 11.0 Å². The summed E-state index contributed by atoms with van der Waals surface area (Å²) >= 11 is -2.52. The maximum absolute atomic E-state index is 14.6. The van der Waals surface area contributed by atoms with Crippen molar-refractivity contribution < 1.29 is 23.1 Å². The Morgan fingerprint density at radius 1 is 1.36 bits per heavy atom. The predicted octanol–water partition coefficient (Wildman–Crippen LogP) is 2.80. The lowest BCUT2D eigenvalue weighted by molar-refractivity contribution is 0.103. The topological polar surface area (TPSA) is 115 Å². The van der Waals surface area contributed by atoms with Gasteiger partial charge in [-0.3, -0.25) is 14.1 Å². The van der Waals surface area contributed by atoms with E-state index in [1.165, 1.54) is 6.20 Å². The molecule has 25 heavy (non-hydrogen) atoms.